The summed E-state index contributed by atoms with van der Waals surface area (Å²) in [6, 6.07) is 6.74. The third-order valence-corrected chi connectivity index (χ3v) is 8.73. The number of nitrogens with one attached hydrogen (secondary N) is 1. The van der Waals surface area contributed by atoms with E-state index in [0.717, 1.165) is 65.5 Å². The van der Waals surface area contributed by atoms with Gasteiger partial charge in [-0.05, 0) is 92.4 Å². The number of nitrogens with zero attached hydrogens (tertiary/aromatic N) is 6. The maximum Gasteiger partial charge on any atom is 0.410 e. The third-order valence-electron chi connectivity index (χ3n) is 7.84. The fourth-order valence-electron chi connectivity index (χ4n) is 5.79. The number of carbonyl (C=O) groups excluding carboxylic acids is 1. The maximum absolute atomic E-state index is 13.4. The number of rotatable bonds is 11. The summed E-state index contributed by atoms with van der Waals surface area (Å²) in [5.74, 6) is 0.211. The number of anilines is 1. The number of H-pyrrole nitrogens is 1. The molecule has 0 radical (unpaired) electrons. The molecular weight excluding hydrogens is 637 g/mol. The van der Waals surface area contributed by atoms with Crippen LogP contribution in [0, 0.1) is 11.7 Å². The first-order chi connectivity index (χ1) is 20.6. The molecule has 1 fully saturated rings. The van der Waals surface area contributed by atoms with E-state index >= 15 is 0 Å². The van der Waals surface area contributed by atoms with Crippen LogP contribution in [0.1, 0.15) is 58.1 Å². The standard InChI is InChI=1S/C31H38BrClFN7O2/c1-31(2,3)43-30(42)39(14-11-21-5-8-23(34)9-6-21)12-4-13-40(25-16-37-38-17-25)18-22-7-10-24(15-22)41-19-26(32)27-28(33)35-20-36-29(27)41/h5-6,8-9,16-17,19-20,22,24H,4,7,10-15,18H2,1-3H3,(H,37,38)/t22-,24+/m1/s1. The molecule has 0 unspecified atom stereocenters. The van der Waals surface area contributed by atoms with Crippen LogP contribution in [0.2, 0.25) is 5.15 Å². The van der Waals surface area contributed by atoms with E-state index < -0.39 is 5.60 Å². The highest BCUT2D eigenvalue weighted by atomic mass is 79.9. The van der Waals surface area contributed by atoms with Gasteiger partial charge in [0.05, 0.1) is 17.3 Å². The SMILES string of the molecule is CC(C)(C)OC(=O)N(CCCN(C[C@@H]1CC[C@H](n2cc(Br)c3c(Cl)ncnc32)C1)c1cn[nH]c1)CCc1ccc(F)cc1. The molecule has 0 spiro atoms. The van der Waals surface area contributed by atoms with Crippen LogP contribution in [0.15, 0.2) is 53.7 Å². The monoisotopic (exact) mass is 673 g/mol. The normalized spacial score (nSPS) is 17.0. The fraction of sp³-hybridized carbons (Fsp3) is 0.484. The lowest BCUT2D eigenvalue weighted by atomic mass is 10.1. The quantitative estimate of drug-likeness (QED) is 0.167. The Labute approximate surface area is 264 Å². The number of halogens is 3. The van der Waals surface area contributed by atoms with Crippen molar-refractivity contribution in [1.82, 2.24) is 29.6 Å². The van der Waals surface area contributed by atoms with Gasteiger partial charge in [-0.1, -0.05) is 23.7 Å². The van der Waals surface area contributed by atoms with Crippen molar-refractivity contribution in [3.05, 3.63) is 70.2 Å². The number of ether oxygens (including phenoxy) is 1. The zero-order valence-electron chi connectivity index (χ0n) is 24.8. The van der Waals surface area contributed by atoms with E-state index in [1.807, 2.05) is 33.2 Å². The van der Waals surface area contributed by atoms with Crippen molar-refractivity contribution in [3.63, 3.8) is 0 Å². The van der Waals surface area contributed by atoms with Gasteiger partial charge in [0.15, 0.2) is 0 Å². The summed E-state index contributed by atoms with van der Waals surface area (Å²) in [5, 5.41) is 8.44. The Morgan fingerprint density at radius 3 is 2.70 bits per heavy atom. The Bertz CT molecular complexity index is 1510. The van der Waals surface area contributed by atoms with Crippen molar-refractivity contribution in [2.24, 2.45) is 5.92 Å². The van der Waals surface area contributed by atoms with E-state index in [-0.39, 0.29) is 11.9 Å². The van der Waals surface area contributed by atoms with E-state index in [1.165, 1.54) is 18.5 Å². The van der Waals surface area contributed by atoms with Crippen LogP contribution in [0.5, 0.6) is 0 Å². The van der Waals surface area contributed by atoms with Crippen LogP contribution in [0.25, 0.3) is 11.0 Å². The summed E-state index contributed by atoms with van der Waals surface area (Å²) in [6.07, 6.45) is 11.6. The van der Waals surface area contributed by atoms with Crippen LogP contribution in [-0.4, -0.2) is 67.5 Å². The lowest BCUT2D eigenvalue weighted by molar-refractivity contribution is 0.0250. The average molecular weight is 675 g/mol. The molecule has 230 valence electrons. The van der Waals surface area contributed by atoms with Crippen molar-refractivity contribution < 1.29 is 13.9 Å². The van der Waals surface area contributed by atoms with E-state index in [4.69, 9.17) is 16.3 Å². The smallest absolute Gasteiger partial charge is 0.410 e. The first kappa shape index (κ1) is 31.3. The number of benzene rings is 1. The van der Waals surface area contributed by atoms with Gasteiger partial charge in [-0.25, -0.2) is 19.2 Å². The number of aromatic nitrogens is 5. The van der Waals surface area contributed by atoms with Crippen LogP contribution in [-0.2, 0) is 11.2 Å². The summed E-state index contributed by atoms with van der Waals surface area (Å²) in [5.41, 5.74) is 2.27. The van der Waals surface area contributed by atoms with E-state index in [9.17, 15) is 9.18 Å². The van der Waals surface area contributed by atoms with Crippen molar-refractivity contribution in [2.75, 3.05) is 31.1 Å². The van der Waals surface area contributed by atoms with Gasteiger partial charge in [-0.3, -0.25) is 5.10 Å². The molecule has 1 saturated carbocycles. The van der Waals surface area contributed by atoms with E-state index in [1.54, 1.807) is 17.0 Å². The summed E-state index contributed by atoms with van der Waals surface area (Å²) >= 11 is 9.99. The summed E-state index contributed by atoms with van der Waals surface area (Å²) in [6.45, 7) is 8.29. The second-order valence-corrected chi connectivity index (χ2v) is 13.4. The van der Waals surface area contributed by atoms with Crippen molar-refractivity contribution >= 4 is 50.3 Å². The van der Waals surface area contributed by atoms with Gasteiger partial charge in [-0.2, -0.15) is 5.10 Å². The van der Waals surface area contributed by atoms with E-state index in [0.29, 0.717) is 36.6 Å². The predicted octanol–water partition coefficient (Wildman–Crippen LogP) is 7.43. The maximum atomic E-state index is 13.4. The minimum absolute atomic E-state index is 0.270. The minimum Gasteiger partial charge on any atom is -0.444 e. The first-order valence-corrected chi connectivity index (χ1v) is 15.9. The lowest BCUT2D eigenvalue weighted by Gasteiger charge is -2.30. The number of aromatic amines is 1. The number of amides is 1. The molecule has 0 bridgehead atoms. The molecule has 5 rings (SSSR count). The van der Waals surface area contributed by atoms with Gasteiger partial charge in [0.1, 0.15) is 28.5 Å². The van der Waals surface area contributed by atoms with Crippen LogP contribution in [0.4, 0.5) is 14.9 Å². The van der Waals surface area contributed by atoms with Gasteiger partial charge in [0.2, 0.25) is 0 Å². The molecule has 4 aromatic rings. The number of fused-ring (bicyclic) bond motifs is 1. The molecule has 2 atom stereocenters. The fourth-order valence-corrected chi connectivity index (χ4v) is 6.72. The van der Waals surface area contributed by atoms with Crippen molar-refractivity contribution in [1.29, 1.82) is 0 Å². The predicted molar refractivity (Wildman–Crippen MR) is 170 cm³/mol. The Morgan fingerprint density at radius 2 is 1.98 bits per heavy atom. The second-order valence-electron chi connectivity index (χ2n) is 12.2. The van der Waals surface area contributed by atoms with Gasteiger partial charge >= 0.3 is 6.09 Å². The topological polar surface area (TPSA) is 92.2 Å². The molecule has 0 aliphatic heterocycles. The van der Waals surface area contributed by atoms with Gasteiger partial charge < -0.3 is 19.1 Å². The van der Waals surface area contributed by atoms with Crippen molar-refractivity contribution in [3.8, 4) is 0 Å². The van der Waals surface area contributed by atoms with Gasteiger partial charge in [-0.15, -0.1) is 0 Å². The number of hydrogen-bond donors (Lipinski definition) is 1. The summed E-state index contributed by atoms with van der Waals surface area (Å²) < 4.78 is 22.2. The molecular formula is C31H38BrClFN7O2. The van der Waals surface area contributed by atoms with Gasteiger partial charge in [0.25, 0.3) is 0 Å². The molecule has 3 aromatic heterocycles. The third kappa shape index (κ3) is 8.06. The number of carbonyl (C=O) groups is 1. The van der Waals surface area contributed by atoms with Crippen LogP contribution < -0.4 is 4.90 Å². The highest BCUT2D eigenvalue weighted by Crippen LogP contribution is 2.40. The molecule has 43 heavy (non-hydrogen) atoms. The van der Waals surface area contributed by atoms with Crippen LogP contribution in [0.3, 0.4) is 0 Å². The highest BCUT2D eigenvalue weighted by Gasteiger charge is 2.30. The number of hydrogen-bond acceptors (Lipinski definition) is 6. The zero-order chi connectivity index (χ0) is 30.6. The zero-order valence-corrected chi connectivity index (χ0v) is 27.1. The summed E-state index contributed by atoms with van der Waals surface area (Å²) in [4.78, 5) is 25.9. The summed E-state index contributed by atoms with van der Waals surface area (Å²) in [7, 11) is 0. The Morgan fingerprint density at radius 1 is 1.19 bits per heavy atom. The Balaban J connectivity index is 1.22. The molecule has 0 saturated heterocycles. The Kier molecular flexibility index (Phi) is 9.91. The van der Waals surface area contributed by atoms with Crippen LogP contribution >= 0.6 is 27.5 Å². The molecule has 1 aliphatic rings. The largest absolute Gasteiger partial charge is 0.444 e. The van der Waals surface area contributed by atoms with Crippen molar-refractivity contribution in [2.45, 2.75) is 64.5 Å². The molecule has 1 amide bonds. The molecule has 9 nitrogen and oxygen atoms in total. The molecule has 1 aromatic carbocycles. The van der Waals surface area contributed by atoms with Gasteiger partial charge in [0, 0.05) is 49.1 Å². The highest BCUT2D eigenvalue weighted by molar-refractivity contribution is 9.10. The molecule has 3 heterocycles. The first-order valence-electron chi connectivity index (χ1n) is 14.7. The second kappa shape index (κ2) is 13.6. The van der Waals surface area contributed by atoms with E-state index in [2.05, 4.69) is 51.8 Å². The minimum atomic E-state index is -0.592. The molecule has 1 aliphatic carbocycles. The Hall–Kier alpha value is -3.18. The average Bonchev–Trinajstić information content (AvgIpc) is 3.71. The molecule has 12 heteroatoms. The lowest BCUT2D eigenvalue weighted by Crippen LogP contribution is -2.40. The molecule has 1 N–H and O–H groups in total.